The first-order valence-electron chi connectivity index (χ1n) is 5.60. The van der Waals surface area contributed by atoms with Gasteiger partial charge in [-0.05, 0) is 0 Å². The Morgan fingerprint density at radius 1 is 1.40 bits per heavy atom. The van der Waals surface area contributed by atoms with Gasteiger partial charge in [-0.25, -0.2) is 9.59 Å². The van der Waals surface area contributed by atoms with Crippen molar-refractivity contribution in [2.24, 2.45) is 0 Å². The predicted molar refractivity (Wildman–Crippen MR) is 66.4 cm³/mol. The summed E-state index contributed by atoms with van der Waals surface area (Å²) < 4.78 is 32.6. The number of ether oxygens (including phenoxy) is 1. The second-order valence-corrected chi connectivity index (χ2v) is 3.79. The lowest BCUT2D eigenvalue weighted by molar-refractivity contribution is -0.151. The van der Waals surface area contributed by atoms with Gasteiger partial charge in [-0.2, -0.15) is 8.78 Å². The number of benzene rings is 1. The van der Waals surface area contributed by atoms with Crippen molar-refractivity contribution < 1.29 is 28.2 Å². The molecule has 0 aromatic heterocycles. The number of carbonyl (C=O) groups excluding carboxylic acids is 1. The minimum atomic E-state index is -3.78. The van der Waals surface area contributed by atoms with Crippen LogP contribution in [0, 0.1) is 0 Å². The van der Waals surface area contributed by atoms with Crippen molar-refractivity contribution in [3.05, 3.63) is 48.6 Å². The Balaban J connectivity index is 2.93. The maximum atomic E-state index is 14.1. The van der Waals surface area contributed by atoms with Gasteiger partial charge in [-0.3, -0.25) is 0 Å². The van der Waals surface area contributed by atoms with E-state index in [4.69, 9.17) is 5.11 Å². The smallest absolute Gasteiger partial charge is 0.408 e. The van der Waals surface area contributed by atoms with Gasteiger partial charge >= 0.3 is 18.0 Å². The Kier molecular flexibility index (Phi) is 5.19. The maximum absolute atomic E-state index is 14.1. The molecule has 0 aliphatic heterocycles. The highest BCUT2D eigenvalue weighted by molar-refractivity contribution is 5.81. The standard InChI is InChI=1S/C13H13F2NO4/c1-2-8-20-12(19)16-10(11(17)18)13(14,15)9-6-4-3-5-7-9/h2-7,10H,1,8H2,(H,16,19)(H,17,18)/t10-/m1/s1. The third kappa shape index (κ3) is 3.78. The van der Waals surface area contributed by atoms with Crippen LogP contribution in [0.15, 0.2) is 43.0 Å². The normalized spacial score (nSPS) is 12.3. The third-order valence-corrected chi connectivity index (χ3v) is 2.36. The molecule has 1 aromatic rings. The highest BCUT2D eigenvalue weighted by atomic mass is 19.3. The van der Waals surface area contributed by atoms with Crippen molar-refractivity contribution >= 4 is 12.1 Å². The highest BCUT2D eigenvalue weighted by Gasteiger charge is 2.47. The second kappa shape index (κ2) is 6.65. The molecule has 0 heterocycles. The van der Waals surface area contributed by atoms with Crippen LogP contribution in [0.1, 0.15) is 5.56 Å². The number of alkyl carbamates (subject to hydrolysis) is 1. The number of carboxylic acids is 1. The minimum absolute atomic E-state index is 0.213. The number of hydrogen-bond donors (Lipinski definition) is 2. The van der Waals surface area contributed by atoms with Gasteiger partial charge in [0.1, 0.15) is 6.61 Å². The van der Waals surface area contributed by atoms with E-state index in [1.165, 1.54) is 24.3 Å². The van der Waals surface area contributed by atoms with Crippen LogP contribution < -0.4 is 5.32 Å². The number of carboxylic acid groups (broad SMARTS) is 1. The van der Waals surface area contributed by atoms with Gasteiger partial charge < -0.3 is 15.2 Å². The van der Waals surface area contributed by atoms with Crippen molar-refractivity contribution in [2.45, 2.75) is 12.0 Å². The van der Waals surface area contributed by atoms with Crippen molar-refractivity contribution in [2.75, 3.05) is 6.61 Å². The number of nitrogens with one attached hydrogen (secondary N) is 1. The van der Waals surface area contributed by atoms with E-state index < -0.39 is 29.6 Å². The van der Waals surface area contributed by atoms with Gasteiger partial charge in [0.05, 0.1) is 0 Å². The third-order valence-electron chi connectivity index (χ3n) is 2.36. The summed E-state index contributed by atoms with van der Waals surface area (Å²) in [6, 6.07) is 3.93. The van der Waals surface area contributed by atoms with Gasteiger partial charge in [-0.15, -0.1) is 0 Å². The summed E-state index contributed by atoms with van der Waals surface area (Å²) in [5, 5.41) is 10.5. The molecule has 0 unspecified atom stereocenters. The Morgan fingerprint density at radius 2 is 2.00 bits per heavy atom. The summed E-state index contributed by atoms with van der Waals surface area (Å²) in [5.41, 5.74) is -0.517. The van der Waals surface area contributed by atoms with E-state index in [0.717, 1.165) is 12.1 Å². The number of aliphatic carboxylic acids is 1. The van der Waals surface area contributed by atoms with Crippen LogP contribution in [-0.4, -0.2) is 29.8 Å². The molecule has 0 radical (unpaired) electrons. The van der Waals surface area contributed by atoms with Crippen LogP contribution in [0.4, 0.5) is 13.6 Å². The summed E-state index contributed by atoms with van der Waals surface area (Å²) in [5.74, 6) is -5.64. The number of carbonyl (C=O) groups is 2. The highest BCUT2D eigenvalue weighted by Crippen LogP contribution is 2.31. The molecular formula is C13H13F2NO4. The molecule has 0 aliphatic rings. The minimum Gasteiger partial charge on any atom is -0.480 e. The Morgan fingerprint density at radius 3 is 2.50 bits per heavy atom. The van der Waals surface area contributed by atoms with Crippen LogP contribution in [0.5, 0.6) is 0 Å². The Labute approximate surface area is 113 Å². The molecule has 20 heavy (non-hydrogen) atoms. The number of amides is 1. The Hall–Kier alpha value is -2.44. The predicted octanol–water partition coefficient (Wildman–Crippen LogP) is 2.14. The van der Waals surface area contributed by atoms with Crippen LogP contribution >= 0.6 is 0 Å². The fourth-order valence-electron chi connectivity index (χ4n) is 1.43. The van der Waals surface area contributed by atoms with E-state index in [1.54, 1.807) is 5.32 Å². The molecule has 2 N–H and O–H groups in total. The number of hydrogen-bond acceptors (Lipinski definition) is 3. The molecule has 108 valence electrons. The molecule has 1 amide bonds. The van der Waals surface area contributed by atoms with E-state index >= 15 is 0 Å². The molecule has 1 atom stereocenters. The van der Waals surface area contributed by atoms with Crippen LogP contribution in [-0.2, 0) is 15.5 Å². The lowest BCUT2D eigenvalue weighted by Gasteiger charge is -2.24. The maximum Gasteiger partial charge on any atom is 0.408 e. The summed E-state index contributed by atoms with van der Waals surface area (Å²) >= 11 is 0. The molecule has 7 heteroatoms. The van der Waals surface area contributed by atoms with E-state index in [-0.39, 0.29) is 6.61 Å². The first kappa shape index (κ1) is 15.6. The summed E-state index contributed by atoms with van der Waals surface area (Å²) in [6.45, 7) is 3.06. The zero-order chi connectivity index (χ0) is 15.2. The van der Waals surface area contributed by atoms with Crippen molar-refractivity contribution in [3.8, 4) is 0 Å². The number of halogens is 2. The molecule has 1 aromatic carbocycles. The first-order valence-corrected chi connectivity index (χ1v) is 5.60. The SMILES string of the molecule is C=CCOC(=O)N[C@H](C(=O)O)C(F)(F)c1ccccc1. The van der Waals surface area contributed by atoms with Crippen molar-refractivity contribution in [1.29, 1.82) is 0 Å². The molecule has 0 saturated carbocycles. The van der Waals surface area contributed by atoms with E-state index in [1.807, 2.05) is 0 Å². The summed E-state index contributed by atoms with van der Waals surface area (Å²) in [7, 11) is 0. The molecule has 0 bridgehead atoms. The zero-order valence-corrected chi connectivity index (χ0v) is 10.4. The molecule has 1 rings (SSSR count). The van der Waals surface area contributed by atoms with Crippen molar-refractivity contribution in [3.63, 3.8) is 0 Å². The average Bonchev–Trinajstić information content (AvgIpc) is 2.43. The molecule has 0 aliphatic carbocycles. The Bertz CT molecular complexity index is 490. The quantitative estimate of drug-likeness (QED) is 0.785. The fourth-order valence-corrected chi connectivity index (χ4v) is 1.43. The van der Waals surface area contributed by atoms with Gasteiger partial charge in [0.2, 0.25) is 0 Å². The van der Waals surface area contributed by atoms with Gasteiger partial charge in [0.25, 0.3) is 0 Å². The zero-order valence-electron chi connectivity index (χ0n) is 10.4. The average molecular weight is 285 g/mol. The van der Waals surface area contributed by atoms with Crippen molar-refractivity contribution in [1.82, 2.24) is 5.32 Å². The van der Waals surface area contributed by atoms with Crippen LogP contribution in [0.25, 0.3) is 0 Å². The second-order valence-electron chi connectivity index (χ2n) is 3.79. The topological polar surface area (TPSA) is 75.6 Å². The van der Waals surface area contributed by atoms with E-state index in [2.05, 4.69) is 11.3 Å². The molecule has 5 nitrogen and oxygen atoms in total. The first-order chi connectivity index (χ1) is 9.39. The monoisotopic (exact) mass is 285 g/mol. The fraction of sp³-hybridized carbons (Fsp3) is 0.231. The van der Waals surface area contributed by atoms with Crippen LogP contribution in [0.2, 0.25) is 0 Å². The van der Waals surface area contributed by atoms with Crippen LogP contribution in [0.3, 0.4) is 0 Å². The lowest BCUT2D eigenvalue weighted by atomic mass is 10.0. The molecular weight excluding hydrogens is 272 g/mol. The number of rotatable bonds is 6. The van der Waals surface area contributed by atoms with Gasteiger partial charge in [0, 0.05) is 5.56 Å². The lowest BCUT2D eigenvalue weighted by Crippen LogP contribution is -2.51. The van der Waals surface area contributed by atoms with Gasteiger partial charge in [0.15, 0.2) is 6.04 Å². The largest absolute Gasteiger partial charge is 0.480 e. The number of alkyl halides is 2. The van der Waals surface area contributed by atoms with E-state index in [0.29, 0.717) is 0 Å². The van der Waals surface area contributed by atoms with Gasteiger partial charge in [-0.1, -0.05) is 43.0 Å². The molecule has 0 fully saturated rings. The molecule has 0 spiro atoms. The summed E-state index contributed by atoms with van der Waals surface area (Å²) in [4.78, 5) is 22.2. The summed E-state index contributed by atoms with van der Waals surface area (Å²) in [6.07, 6.45) is -0.0297. The van der Waals surface area contributed by atoms with E-state index in [9.17, 15) is 18.4 Å². The molecule has 0 saturated heterocycles.